The highest BCUT2D eigenvalue weighted by Gasteiger charge is 2.66. The lowest BCUT2D eigenvalue weighted by atomic mass is 9.97. The van der Waals surface area contributed by atoms with Crippen LogP contribution in [0.2, 0.25) is 10.0 Å². The van der Waals surface area contributed by atoms with Crippen LogP contribution in [0.1, 0.15) is 24.8 Å². The predicted molar refractivity (Wildman–Crippen MR) is 81.1 cm³/mol. The number of rotatable bonds is 3. The molecule has 0 saturated heterocycles. The Morgan fingerprint density at radius 3 is 2.37 bits per heavy atom. The van der Waals surface area contributed by atoms with Crippen molar-refractivity contribution in [2.45, 2.75) is 31.1 Å². The molecule has 102 valence electrons. The summed E-state index contributed by atoms with van der Waals surface area (Å²) < 4.78 is 0. The van der Waals surface area contributed by atoms with Crippen molar-refractivity contribution in [3.63, 3.8) is 0 Å². The molecule has 1 aromatic carbocycles. The van der Waals surface area contributed by atoms with Crippen LogP contribution in [0, 0.1) is 29.6 Å². The molecular weight excluding hydrogens is 299 g/mol. The summed E-state index contributed by atoms with van der Waals surface area (Å²) in [4.78, 5) is 0. The first-order valence-electron chi connectivity index (χ1n) is 7.23. The fourth-order valence-corrected chi connectivity index (χ4v) is 5.74. The molecule has 2 bridgehead atoms. The van der Waals surface area contributed by atoms with Crippen LogP contribution in [0.15, 0.2) is 18.2 Å². The zero-order valence-corrected chi connectivity index (χ0v) is 12.9. The fourth-order valence-electron chi connectivity index (χ4n) is 4.90. The molecule has 1 aromatic rings. The summed E-state index contributed by atoms with van der Waals surface area (Å²) >= 11 is 18.7. The van der Waals surface area contributed by atoms with Crippen LogP contribution in [0.4, 0.5) is 0 Å². The molecule has 3 fully saturated rings. The van der Waals surface area contributed by atoms with E-state index in [2.05, 4.69) is 6.07 Å². The quantitative estimate of drug-likeness (QED) is 0.652. The Kier molecular flexibility index (Phi) is 3.06. The van der Waals surface area contributed by atoms with Gasteiger partial charge in [-0.05, 0) is 73.0 Å². The first kappa shape index (κ1) is 12.8. The second-order valence-corrected chi connectivity index (χ2v) is 7.91. The minimum absolute atomic E-state index is 0.274. The van der Waals surface area contributed by atoms with E-state index >= 15 is 0 Å². The van der Waals surface area contributed by atoms with Gasteiger partial charge in [-0.3, -0.25) is 0 Å². The Labute approximate surface area is 129 Å². The lowest BCUT2D eigenvalue weighted by Gasteiger charge is -2.14. The average molecular weight is 316 g/mol. The summed E-state index contributed by atoms with van der Waals surface area (Å²) in [6, 6.07) is 5.89. The van der Waals surface area contributed by atoms with Gasteiger partial charge in [-0.15, -0.1) is 11.6 Å². The largest absolute Gasteiger partial charge is 0.122 e. The molecule has 3 aliphatic rings. The third-order valence-corrected chi connectivity index (χ3v) is 6.81. The van der Waals surface area contributed by atoms with Gasteiger partial charge in [-0.25, -0.2) is 0 Å². The lowest BCUT2D eigenvalue weighted by Crippen LogP contribution is -2.13. The molecule has 0 radical (unpaired) electrons. The molecule has 19 heavy (non-hydrogen) atoms. The third kappa shape index (κ3) is 2.03. The van der Waals surface area contributed by atoms with Crippen molar-refractivity contribution in [1.29, 1.82) is 0 Å². The van der Waals surface area contributed by atoms with E-state index in [1.54, 1.807) is 0 Å². The molecule has 0 aliphatic heterocycles. The van der Waals surface area contributed by atoms with Crippen molar-refractivity contribution in [2.24, 2.45) is 29.6 Å². The molecule has 0 amide bonds. The second-order valence-electron chi connectivity index (χ2n) is 6.53. The van der Waals surface area contributed by atoms with E-state index in [9.17, 15) is 0 Å². The Balaban J connectivity index is 1.45. The van der Waals surface area contributed by atoms with Crippen molar-refractivity contribution in [1.82, 2.24) is 0 Å². The molecule has 3 saturated carbocycles. The van der Waals surface area contributed by atoms with Gasteiger partial charge in [0.15, 0.2) is 0 Å². The van der Waals surface area contributed by atoms with E-state index in [0.717, 1.165) is 36.0 Å². The molecule has 5 unspecified atom stereocenters. The van der Waals surface area contributed by atoms with Gasteiger partial charge in [0.2, 0.25) is 0 Å². The van der Waals surface area contributed by atoms with E-state index in [0.29, 0.717) is 10.0 Å². The molecule has 3 aliphatic carbocycles. The first-order chi connectivity index (χ1) is 9.15. The highest BCUT2D eigenvalue weighted by Crippen LogP contribution is 2.71. The molecule has 0 aromatic heterocycles. The monoisotopic (exact) mass is 314 g/mol. The summed E-state index contributed by atoms with van der Waals surface area (Å²) in [5.41, 5.74) is 1.21. The summed E-state index contributed by atoms with van der Waals surface area (Å²) in [7, 11) is 0. The molecular formula is C16H17Cl3. The van der Waals surface area contributed by atoms with Crippen LogP contribution in [-0.4, -0.2) is 5.38 Å². The number of benzene rings is 1. The van der Waals surface area contributed by atoms with Gasteiger partial charge in [0.1, 0.15) is 0 Å². The van der Waals surface area contributed by atoms with Gasteiger partial charge in [0.25, 0.3) is 0 Å². The summed E-state index contributed by atoms with van der Waals surface area (Å²) in [6.07, 6.45) is 5.33. The van der Waals surface area contributed by atoms with Crippen LogP contribution in [0.5, 0.6) is 0 Å². The smallest absolute Gasteiger partial charge is 0.0595 e. The Bertz CT molecular complexity index is 497. The zero-order valence-electron chi connectivity index (χ0n) is 10.7. The number of hydrogen-bond acceptors (Lipinski definition) is 0. The topological polar surface area (TPSA) is 0 Å². The van der Waals surface area contributed by atoms with Gasteiger partial charge in [0.05, 0.1) is 10.0 Å². The van der Waals surface area contributed by atoms with E-state index < -0.39 is 0 Å². The minimum Gasteiger partial charge on any atom is -0.122 e. The van der Waals surface area contributed by atoms with Crippen molar-refractivity contribution in [3.05, 3.63) is 33.8 Å². The summed E-state index contributed by atoms with van der Waals surface area (Å²) in [6.45, 7) is 0. The van der Waals surface area contributed by atoms with E-state index in [1.165, 1.54) is 24.8 Å². The predicted octanol–water partition coefficient (Wildman–Crippen LogP) is 5.44. The summed E-state index contributed by atoms with van der Waals surface area (Å²) in [5, 5.41) is 1.53. The Morgan fingerprint density at radius 1 is 1.05 bits per heavy atom. The highest BCUT2D eigenvalue weighted by atomic mass is 35.5. The molecule has 5 atom stereocenters. The molecule has 0 spiro atoms. The maximum atomic E-state index is 6.69. The molecule has 0 nitrogen and oxygen atoms in total. The van der Waals surface area contributed by atoms with E-state index in [4.69, 9.17) is 34.8 Å². The standard InChI is InChI=1S/C16H17Cl3/c17-11-4-1-8(5-12(11)18)6-13(19)16-14-9-2-3-10(7-9)15(14)16/h1,4-5,9-10,13-16H,2-3,6-7H2. The maximum Gasteiger partial charge on any atom is 0.0595 e. The van der Waals surface area contributed by atoms with Crippen LogP contribution in [0.3, 0.4) is 0 Å². The number of fused-ring (bicyclic) bond motifs is 5. The minimum atomic E-state index is 0.274. The van der Waals surface area contributed by atoms with Crippen molar-refractivity contribution < 1.29 is 0 Å². The van der Waals surface area contributed by atoms with Gasteiger partial charge in [-0.2, -0.15) is 0 Å². The van der Waals surface area contributed by atoms with Gasteiger partial charge < -0.3 is 0 Å². The van der Waals surface area contributed by atoms with E-state index in [1.807, 2.05) is 12.1 Å². The molecule has 3 heteroatoms. The Morgan fingerprint density at radius 2 is 1.74 bits per heavy atom. The van der Waals surface area contributed by atoms with Gasteiger partial charge in [-0.1, -0.05) is 29.3 Å². The van der Waals surface area contributed by atoms with Crippen LogP contribution in [0.25, 0.3) is 0 Å². The maximum absolute atomic E-state index is 6.69. The van der Waals surface area contributed by atoms with Crippen molar-refractivity contribution in [3.8, 4) is 0 Å². The Hall–Kier alpha value is 0.0900. The molecule has 0 N–H and O–H groups in total. The van der Waals surface area contributed by atoms with Gasteiger partial charge >= 0.3 is 0 Å². The van der Waals surface area contributed by atoms with Crippen LogP contribution in [-0.2, 0) is 6.42 Å². The number of hydrogen-bond donors (Lipinski definition) is 0. The van der Waals surface area contributed by atoms with Crippen LogP contribution < -0.4 is 0 Å². The number of halogens is 3. The number of alkyl halides is 1. The fraction of sp³-hybridized carbons (Fsp3) is 0.625. The third-order valence-electron chi connectivity index (χ3n) is 5.63. The molecule has 0 heterocycles. The van der Waals surface area contributed by atoms with Crippen molar-refractivity contribution in [2.75, 3.05) is 0 Å². The van der Waals surface area contributed by atoms with Gasteiger partial charge in [0, 0.05) is 5.38 Å². The highest BCUT2D eigenvalue weighted by molar-refractivity contribution is 6.42. The first-order valence-corrected chi connectivity index (χ1v) is 8.42. The van der Waals surface area contributed by atoms with Crippen LogP contribution >= 0.6 is 34.8 Å². The zero-order chi connectivity index (χ0) is 13.1. The van der Waals surface area contributed by atoms with Crippen molar-refractivity contribution >= 4 is 34.8 Å². The normalized spacial score (nSPS) is 40.3. The average Bonchev–Trinajstić information content (AvgIpc) is 2.83. The second kappa shape index (κ2) is 4.55. The molecule has 4 rings (SSSR count). The summed E-state index contributed by atoms with van der Waals surface area (Å²) in [5.74, 6) is 4.65. The SMILES string of the molecule is Clc1ccc(CC(Cl)C2C3C4CCC(C4)C23)cc1Cl. The lowest BCUT2D eigenvalue weighted by molar-refractivity contribution is 0.449. The van der Waals surface area contributed by atoms with E-state index in [-0.39, 0.29) is 5.38 Å².